The average Bonchev–Trinajstić information content (AvgIpc) is 2.48. The molecule has 0 radical (unpaired) electrons. The zero-order chi connectivity index (χ0) is 15.6. The van der Waals surface area contributed by atoms with Gasteiger partial charge in [0.1, 0.15) is 11.4 Å². The quantitative estimate of drug-likeness (QED) is 0.863. The second kappa shape index (κ2) is 5.55. The number of para-hydroxylation sites is 1. The first-order chi connectivity index (χ1) is 9.90. The average molecular weight is 289 g/mol. The number of nitrogens with zero attached hydrogens (tertiary/aromatic N) is 2. The fraction of sp³-hybridized carbons (Fsp3) is 0.400. The summed E-state index contributed by atoms with van der Waals surface area (Å²) in [6.45, 7) is 5.21. The molecule has 1 aromatic heterocycles. The van der Waals surface area contributed by atoms with E-state index in [1.54, 1.807) is 32.0 Å². The summed E-state index contributed by atoms with van der Waals surface area (Å²) < 4.78 is 6.08. The summed E-state index contributed by atoms with van der Waals surface area (Å²) in [6.07, 6.45) is 0.560. The van der Waals surface area contributed by atoms with Crippen LogP contribution in [0.1, 0.15) is 26.6 Å². The van der Waals surface area contributed by atoms with Crippen LogP contribution in [0.25, 0.3) is 10.9 Å². The number of carbonyl (C=O) groups excluding carboxylic acids is 1. The smallest absolute Gasteiger partial charge is 0.332 e. The molecular weight excluding hydrogens is 270 g/mol. The van der Waals surface area contributed by atoms with Crippen molar-refractivity contribution in [1.29, 1.82) is 0 Å². The van der Waals surface area contributed by atoms with E-state index in [1.165, 1.54) is 11.8 Å². The number of aryl methyl sites for hydroxylation is 1. The van der Waals surface area contributed by atoms with Gasteiger partial charge in [0, 0.05) is 6.42 Å². The summed E-state index contributed by atoms with van der Waals surface area (Å²) >= 11 is 0. The number of hydrogen-bond donors (Lipinski definition) is 1. The maximum absolute atomic E-state index is 12.6. The topological polar surface area (TPSA) is 73.2 Å². The number of methoxy groups -OCH3 is 1. The molecule has 0 unspecified atom stereocenters. The van der Waals surface area contributed by atoms with Gasteiger partial charge in [-0.15, -0.1) is 0 Å². The number of esters is 1. The second-order valence-corrected chi connectivity index (χ2v) is 5.27. The third-order valence-corrected chi connectivity index (χ3v) is 3.25. The lowest BCUT2D eigenvalue weighted by Crippen LogP contribution is -2.49. The molecule has 0 spiro atoms. The van der Waals surface area contributed by atoms with Gasteiger partial charge < -0.3 is 10.2 Å². The lowest BCUT2D eigenvalue weighted by molar-refractivity contribution is -0.145. The molecule has 2 rings (SSSR count). The predicted molar refractivity (Wildman–Crippen MR) is 80.8 cm³/mol. The van der Waals surface area contributed by atoms with Gasteiger partial charge in [-0.05, 0) is 26.0 Å². The Labute approximate surface area is 122 Å². The molecule has 1 N–H and O–H groups in total. The van der Waals surface area contributed by atoms with E-state index < -0.39 is 11.5 Å². The molecule has 0 atom stereocenters. The third kappa shape index (κ3) is 2.74. The van der Waals surface area contributed by atoms with Gasteiger partial charge in [-0.25, -0.2) is 14.5 Å². The summed E-state index contributed by atoms with van der Waals surface area (Å²) in [6, 6.07) is 7.14. The van der Waals surface area contributed by atoms with Gasteiger partial charge in [0.2, 0.25) is 0 Å². The van der Waals surface area contributed by atoms with Gasteiger partial charge in [0.05, 0.1) is 18.0 Å². The van der Waals surface area contributed by atoms with E-state index in [2.05, 4.69) is 10.4 Å². The normalized spacial score (nSPS) is 11.4. The maximum Gasteiger partial charge on any atom is 0.332 e. The number of benzene rings is 1. The molecule has 1 aromatic carbocycles. The molecule has 6 heteroatoms. The molecule has 0 fully saturated rings. The highest BCUT2D eigenvalue weighted by Gasteiger charge is 2.30. The molecule has 0 aliphatic carbocycles. The highest BCUT2D eigenvalue weighted by molar-refractivity contribution is 5.81. The first-order valence-corrected chi connectivity index (χ1v) is 6.78. The lowest BCUT2D eigenvalue weighted by atomic mass is 10.1. The van der Waals surface area contributed by atoms with Crippen LogP contribution in [-0.2, 0) is 16.0 Å². The van der Waals surface area contributed by atoms with E-state index in [0.29, 0.717) is 23.1 Å². The van der Waals surface area contributed by atoms with Crippen LogP contribution in [0.5, 0.6) is 0 Å². The van der Waals surface area contributed by atoms with E-state index in [0.717, 1.165) is 0 Å². The van der Waals surface area contributed by atoms with Crippen LogP contribution < -0.4 is 11.0 Å². The van der Waals surface area contributed by atoms with Crippen LogP contribution in [0.2, 0.25) is 0 Å². The van der Waals surface area contributed by atoms with Gasteiger partial charge >= 0.3 is 5.97 Å². The van der Waals surface area contributed by atoms with Crippen LogP contribution in [0.3, 0.4) is 0 Å². The van der Waals surface area contributed by atoms with Crippen molar-refractivity contribution < 1.29 is 9.53 Å². The van der Waals surface area contributed by atoms with Crippen LogP contribution >= 0.6 is 0 Å². The molecule has 0 amide bonds. The number of rotatable bonds is 4. The summed E-state index contributed by atoms with van der Waals surface area (Å²) in [5, 5.41) is 0.503. The molecular formula is C15H19N3O3. The molecule has 0 saturated heterocycles. The Balaban J connectivity index is 2.60. The molecule has 2 aromatic rings. The number of nitrogens with one attached hydrogen (secondary N) is 1. The Morgan fingerprint density at radius 1 is 1.38 bits per heavy atom. The number of ether oxygens (including phenoxy) is 1. The first-order valence-electron chi connectivity index (χ1n) is 6.78. The van der Waals surface area contributed by atoms with Crippen LogP contribution in [0.4, 0.5) is 0 Å². The Hall–Kier alpha value is -2.37. The van der Waals surface area contributed by atoms with Gasteiger partial charge in [0.15, 0.2) is 0 Å². The SMILES string of the molecule is CCc1nc2ccccc2c(=O)n1NC(C)(C)C(=O)OC. The number of aromatic nitrogens is 2. The predicted octanol–water partition coefficient (Wildman–Crippen LogP) is 1.45. The lowest BCUT2D eigenvalue weighted by Gasteiger charge is -2.26. The highest BCUT2D eigenvalue weighted by atomic mass is 16.5. The number of fused-ring (bicyclic) bond motifs is 1. The zero-order valence-electron chi connectivity index (χ0n) is 12.6. The van der Waals surface area contributed by atoms with Gasteiger partial charge in [0.25, 0.3) is 5.56 Å². The van der Waals surface area contributed by atoms with E-state index in [1.807, 2.05) is 13.0 Å². The Morgan fingerprint density at radius 2 is 2.05 bits per heavy atom. The standard InChI is InChI=1S/C15H19N3O3/c1-5-12-16-11-9-7-6-8-10(11)13(19)18(12)17-15(2,3)14(20)21-4/h6-9,17H,5H2,1-4H3. The number of carbonyl (C=O) groups is 1. The summed E-state index contributed by atoms with van der Waals surface area (Å²) in [5.74, 6) is 0.111. The first kappa shape index (κ1) is 15.0. The molecule has 112 valence electrons. The third-order valence-electron chi connectivity index (χ3n) is 3.25. The maximum atomic E-state index is 12.6. The summed E-state index contributed by atoms with van der Waals surface area (Å²) in [7, 11) is 1.31. The highest BCUT2D eigenvalue weighted by Crippen LogP contribution is 2.11. The monoisotopic (exact) mass is 289 g/mol. The minimum absolute atomic E-state index is 0.227. The molecule has 0 aliphatic heterocycles. The Bertz CT molecular complexity index is 735. The molecule has 1 heterocycles. The zero-order valence-corrected chi connectivity index (χ0v) is 12.6. The van der Waals surface area contributed by atoms with Gasteiger partial charge in [-0.1, -0.05) is 19.1 Å². The minimum atomic E-state index is -1.04. The summed E-state index contributed by atoms with van der Waals surface area (Å²) in [4.78, 5) is 28.9. The van der Waals surface area contributed by atoms with E-state index >= 15 is 0 Å². The van der Waals surface area contributed by atoms with Crippen molar-refractivity contribution in [3.05, 3.63) is 40.4 Å². The van der Waals surface area contributed by atoms with Crippen molar-refractivity contribution in [3.63, 3.8) is 0 Å². The molecule has 0 bridgehead atoms. The Kier molecular flexibility index (Phi) is 3.97. The second-order valence-electron chi connectivity index (χ2n) is 5.27. The molecule has 21 heavy (non-hydrogen) atoms. The fourth-order valence-corrected chi connectivity index (χ4v) is 2.11. The molecule has 0 aliphatic rings. The van der Waals surface area contributed by atoms with Crippen LogP contribution in [0.15, 0.2) is 29.1 Å². The van der Waals surface area contributed by atoms with Crippen molar-refractivity contribution in [2.45, 2.75) is 32.7 Å². The van der Waals surface area contributed by atoms with Crippen LogP contribution in [-0.4, -0.2) is 28.3 Å². The molecule has 0 saturated carbocycles. The van der Waals surface area contributed by atoms with E-state index in [-0.39, 0.29) is 5.56 Å². The van der Waals surface area contributed by atoms with Crippen molar-refractivity contribution in [1.82, 2.24) is 9.66 Å². The van der Waals surface area contributed by atoms with Crippen molar-refractivity contribution in [2.75, 3.05) is 12.5 Å². The Morgan fingerprint density at radius 3 is 2.67 bits per heavy atom. The van der Waals surface area contributed by atoms with E-state index in [4.69, 9.17) is 4.74 Å². The van der Waals surface area contributed by atoms with Crippen LogP contribution in [0, 0.1) is 0 Å². The number of hydrogen-bond acceptors (Lipinski definition) is 5. The minimum Gasteiger partial charge on any atom is -0.467 e. The largest absolute Gasteiger partial charge is 0.467 e. The van der Waals surface area contributed by atoms with Gasteiger partial charge in [-0.3, -0.25) is 4.79 Å². The van der Waals surface area contributed by atoms with Gasteiger partial charge in [-0.2, -0.15) is 0 Å². The van der Waals surface area contributed by atoms with Crippen molar-refractivity contribution >= 4 is 16.9 Å². The van der Waals surface area contributed by atoms with E-state index in [9.17, 15) is 9.59 Å². The molecule has 6 nitrogen and oxygen atoms in total. The fourth-order valence-electron chi connectivity index (χ4n) is 2.11. The van der Waals surface area contributed by atoms with Crippen molar-refractivity contribution in [3.8, 4) is 0 Å². The summed E-state index contributed by atoms with van der Waals surface area (Å²) in [5.41, 5.74) is 2.30. The van der Waals surface area contributed by atoms with Crippen molar-refractivity contribution in [2.24, 2.45) is 0 Å².